The smallest absolute Gasteiger partial charge is 0.303 e. The Balaban J connectivity index is 1.52. The minimum absolute atomic E-state index is 0.318. The molecule has 4 aliphatic carbocycles. The van der Waals surface area contributed by atoms with Crippen molar-refractivity contribution in [3.05, 3.63) is 0 Å². The Morgan fingerprint density at radius 2 is 1.81 bits per heavy atom. The number of carbonyl (C=O) groups excluding carboxylic acids is 1. The van der Waals surface area contributed by atoms with Crippen LogP contribution in [0.4, 0.5) is 0 Å². The standard InChI is InChI=1S/C24H38O3/c1-15(4-9-22(26)27)19-7-8-20-18-6-5-16-14-17(25)10-12-23(16,2)21(18)11-13-24(19,20)3/h15-16,18-21H,4-14H2,1-3H3,(H,26,27)/t15-,16+,18-,19+,20-,21-,23-,24+/m0/s1. The summed E-state index contributed by atoms with van der Waals surface area (Å²) in [4.78, 5) is 23.1. The second-order valence-corrected chi connectivity index (χ2v) is 11.0. The lowest BCUT2D eigenvalue weighted by Gasteiger charge is -2.60. The predicted molar refractivity (Wildman–Crippen MR) is 106 cm³/mol. The number of hydrogen-bond donors (Lipinski definition) is 1. The van der Waals surface area contributed by atoms with Gasteiger partial charge in [0.15, 0.2) is 0 Å². The summed E-state index contributed by atoms with van der Waals surface area (Å²) in [5.41, 5.74) is 0.804. The number of aliphatic carboxylic acids is 1. The first kappa shape index (κ1) is 19.5. The van der Waals surface area contributed by atoms with Gasteiger partial charge in [-0.3, -0.25) is 9.59 Å². The minimum atomic E-state index is -0.650. The summed E-state index contributed by atoms with van der Waals surface area (Å²) in [5, 5.41) is 9.09. The molecule has 0 aromatic carbocycles. The maximum absolute atomic E-state index is 12.0. The lowest BCUT2D eigenvalue weighted by atomic mass is 9.44. The van der Waals surface area contributed by atoms with E-state index in [9.17, 15) is 9.59 Å². The van der Waals surface area contributed by atoms with Gasteiger partial charge in [0, 0.05) is 19.3 Å². The summed E-state index contributed by atoms with van der Waals surface area (Å²) in [7, 11) is 0. The van der Waals surface area contributed by atoms with Gasteiger partial charge in [-0.05, 0) is 97.7 Å². The fourth-order valence-corrected chi connectivity index (χ4v) is 8.57. The highest BCUT2D eigenvalue weighted by Crippen LogP contribution is 2.68. The Morgan fingerprint density at radius 3 is 2.56 bits per heavy atom. The van der Waals surface area contributed by atoms with Crippen LogP contribution in [0, 0.1) is 46.3 Å². The molecule has 3 heteroatoms. The first-order valence-electron chi connectivity index (χ1n) is 11.5. The van der Waals surface area contributed by atoms with Crippen LogP contribution < -0.4 is 0 Å². The zero-order valence-corrected chi connectivity index (χ0v) is 17.5. The van der Waals surface area contributed by atoms with Crippen LogP contribution in [0.1, 0.15) is 91.4 Å². The Labute approximate surface area is 164 Å². The predicted octanol–water partition coefficient (Wildman–Crippen LogP) is 5.72. The van der Waals surface area contributed by atoms with Crippen molar-refractivity contribution in [2.75, 3.05) is 0 Å². The van der Waals surface area contributed by atoms with Crippen molar-refractivity contribution in [3.8, 4) is 0 Å². The fraction of sp³-hybridized carbons (Fsp3) is 0.917. The molecule has 3 nitrogen and oxygen atoms in total. The molecule has 0 aliphatic heterocycles. The zero-order valence-electron chi connectivity index (χ0n) is 17.5. The van der Waals surface area contributed by atoms with E-state index in [4.69, 9.17) is 5.11 Å². The summed E-state index contributed by atoms with van der Waals surface area (Å²) >= 11 is 0. The molecule has 0 saturated heterocycles. The van der Waals surface area contributed by atoms with Gasteiger partial charge in [-0.15, -0.1) is 0 Å². The van der Waals surface area contributed by atoms with Crippen molar-refractivity contribution in [1.82, 2.24) is 0 Å². The van der Waals surface area contributed by atoms with Crippen LogP contribution in [0.15, 0.2) is 0 Å². The summed E-state index contributed by atoms with van der Waals surface area (Å²) in [6.45, 7) is 7.37. The summed E-state index contributed by atoms with van der Waals surface area (Å²) < 4.78 is 0. The van der Waals surface area contributed by atoms with Gasteiger partial charge in [0.2, 0.25) is 0 Å². The van der Waals surface area contributed by atoms with Gasteiger partial charge >= 0.3 is 5.97 Å². The number of carbonyl (C=O) groups is 2. The molecule has 0 amide bonds. The molecule has 0 radical (unpaired) electrons. The molecule has 1 N–H and O–H groups in total. The van der Waals surface area contributed by atoms with E-state index >= 15 is 0 Å². The van der Waals surface area contributed by atoms with Crippen molar-refractivity contribution < 1.29 is 14.7 Å². The summed E-state index contributed by atoms with van der Waals surface area (Å²) in [5.74, 6) is 4.19. The lowest BCUT2D eigenvalue weighted by molar-refractivity contribution is -0.140. The van der Waals surface area contributed by atoms with E-state index in [0.717, 1.165) is 43.4 Å². The van der Waals surface area contributed by atoms with Gasteiger partial charge in [-0.1, -0.05) is 20.8 Å². The van der Waals surface area contributed by atoms with Crippen LogP contribution in [0.5, 0.6) is 0 Å². The quantitative estimate of drug-likeness (QED) is 0.685. The lowest BCUT2D eigenvalue weighted by Crippen LogP contribution is -2.53. The van der Waals surface area contributed by atoms with E-state index in [1.165, 1.54) is 38.5 Å². The second kappa shape index (κ2) is 6.88. The first-order chi connectivity index (χ1) is 12.8. The van der Waals surface area contributed by atoms with Gasteiger partial charge in [-0.25, -0.2) is 0 Å². The first-order valence-corrected chi connectivity index (χ1v) is 11.5. The van der Waals surface area contributed by atoms with E-state index < -0.39 is 5.97 Å². The molecule has 0 spiro atoms. The monoisotopic (exact) mass is 374 g/mol. The molecule has 0 bridgehead atoms. The maximum Gasteiger partial charge on any atom is 0.303 e. The third-order valence-electron chi connectivity index (χ3n) is 10.1. The van der Waals surface area contributed by atoms with Crippen molar-refractivity contribution >= 4 is 11.8 Å². The molecule has 0 aromatic rings. The number of rotatable bonds is 4. The van der Waals surface area contributed by atoms with Gasteiger partial charge in [0.05, 0.1) is 0 Å². The molecular formula is C24H38O3. The molecule has 0 heterocycles. The number of carboxylic acids is 1. The van der Waals surface area contributed by atoms with E-state index in [0.29, 0.717) is 40.8 Å². The van der Waals surface area contributed by atoms with Crippen LogP contribution in [0.25, 0.3) is 0 Å². The molecule has 8 atom stereocenters. The number of ketones is 1. The van der Waals surface area contributed by atoms with Gasteiger partial charge < -0.3 is 5.11 Å². The molecule has 27 heavy (non-hydrogen) atoms. The van der Waals surface area contributed by atoms with Crippen LogP contribution in [-0.2, 0) is 9.59 Å². The molecule has 4 fully saturated rings. The van der Waals surface area contributed by atoms with Crippen molar-refractivity contribution in [3.63, 3.8) is 0 Å². The molecule has 4 rings (SSSR count). The number of fused-ring (bicyclic) bond motifs is 5. The molecular weight excluding hydrogens is 336 g/mol. The SMILES string of the molecule is C[C@@H](CCC(=O)O)[C@H]1CC[C@H]2[C@@H]3CC[C@@H]4CC(=O)CC[C@]4(C)[C@H]3CC[C@]12C. The molecule has 4 aliphatic rings. The number of hydrogen-bond acceptors (Lipinski definition) is 2. The third-order valence-corrected chi connectivity index (χ3v) is 10.1. The van der Waals surface area contributed by atoms with Crippen molar-refractivity contribution in [2.45, 2.75) is 91.4 Å². The molecule has 0 unspecified atom stereocenters. The molecule has 152 valence electrons. The van der Waals surface area contributed by atoms with E-state index in [1.54, 1.807) is 0 Å². The minimum Gasteiger partial charge on any atom is -0.481 e. The largest absolute Gasteiger partial charge is 0.481 e. The second-order valence-electron chi connectivity index (χ2n) is 11.0. The van der Waals surface area contributed by atoms with Crippen LogP contribution in [0.3, 0.4) is 0 Å². The van der Waals surface area contributed by atoms with E-state index in [1.807, 2.05) is 0 Å². The highest BCUT2D eigenvalue weighted by molar-refractivity contribution is 5.79. The molecule has 0 aromatic heterocycles. The Morgan fingerprint density at radius 1 is 1.07 bits per heavy atom. The van der Waals surface area contributed by atoms with Crippen LogP contribution in [-0.4, -0.2) is 16.9 Å². The normalized spacial score (nSPS) is 47.7. The third kappa shape index (κ3) is 3.08. The van der Waals surface area contributed by atoms with Crippen molar-refractivity contribution in [1.29, 1.82) is 0 Å². The van der Waals surface area contributed by atoms with Gasteiger partial charge in [0.1, 0.15) is 5.78 Å². The fourth-order valence-electron chi connectivity index (χ4n) is 8.57. The van der Waals surface area contributed by atoms with E-state index in [-0.39, 0.29) is 0 Å². The maximum atomic E-state index is 12.0. The van der Waals surface area contributed by atoms with E-state index in [2.05, 4.69) is 20.8 Å². The zero-order chi connectivity index (χ0) is 19.4. The average molecular weight is 375 g/mol. The van der Waals surface area contributed by atoms with Crippen LogP contribution in [0.2, 0.25) is 0 Å². The molecule has 4 saturated carbocycles. The topological polar surface area (TPSA) is 54.4 Å². The van der Waals surface area contributed by atoms with Gasteiger partial charge in [-0.2, -0.15) is 0 Å². The highest BCUT2D eigenvalue weighted by atomic mass is 16.4. The van der Waals surface area contributed by atoms with Crippen molar-refractivity contribution in [2.24, 2.45) is 46.3 Å². The van der Waals surface area contributed by atoms with Crippen LogP contribution >= 0.6 is 0 Å². The Hall–Kier alpha value is -0.860. The summed E-state index contributed by atoms with van der Waals surface area (Å²) in [6, 6.07) is 0. The summed E-state index contributed by atoms with van der Waals surface area (Å²) in [6.07, 6.45) is 11.8. The number of Topliss-reactive ketones (excluding diaryl/α,β-unsaturated/α-hetero) is 1. The average Bonchev–Trinajstić information content (AvgIpc) is 2.97. The van der Waals surface area contributed by atoms with Gasteiger partial charge in [0.25, 0.3) is 0 Å². The highest BCUT2D eigenvalue weighted by Gasteiger charge is 2.60. The Kier molecular flexibility index (Phi) is 4.96. The number of carboxylic acid groups (broad SMARTS) is 1. The Bertz CT molecular complexity index is 613.